The largest absolute Gasteiger partial charge is 0.457 e. The van der Waals surface area contributed by atoms with Gasteiger partial charge in [0.15, 0.2) is 0 Å². The van der Waals surface area contributed by atoms with Crippen molar-refractivity contribution in [3.05, 3.63) is 37.0 Å². The average Bonchev–Trinajstić information content (AvgIpc) is 2.86. The van der Waals surface area contributed by atoms with E-state index in [0.29, 0.717) is 5.57 Å². The van der Waals surface area contributed by atoms with Gasteiger partial charge in [-0.05, 0) is 5.57 Å². The fourth-order valence-corrected chi connectivity index (χ4v) is 3.84. The van der Waals surface area contributed by atoms with Crippen molar-refractivity contribution in [1.29, 1.82) is 0 Å². The normalized spacial score (nSPS) is 37.4. The third kappa shape index (κ3) is 2.93. The van der Waals surface area contributed by atoms with Gasteiger partial charge in [0.25, 0.3) is 0 Å². The molecule has 0 spiro atoms. The molecule has 2 fully saturated rings. The molecule has 0 aromatic heterocycles. The number of ether oxygens (including phenoxy) is 2. The Morgan fingerprint density at radius 2 is 2.08 bits per heavy atom. The number of esters is 2. The van der Waals surface area contributed by atoms with Crippen LogP contribution in [0.1, 0.15) is 20.8 Å². The molecule has 0 bridgehead atoms. The molecule has 25 heavy (non-hydrogen) atoms. The fraction of sp³-hybridized carbons (Fsp3) is 0.579. The first-order valence-electron chi connectivity index (χ1n) is 8.30. The summed E-state index contributed by atoms with van der Waals surface area (Å²) in [6.45, 7) is 16.2. The van der Waals surface area contributed by atoms with Gasteiger partial charge in [0.1, 0.15) is 12.2 Å². The quantitative estimate of drug-likeness (QED) is 0.442. The number of aliphatic hydroxyl groups is 2. The number of rotatable bonds is 5. The zero-order valence-electron chi connectivity index (χ0n) is 14.9. The summed E-state index contributed by atoms with van der Waals surface area (Å²) in [5.41, 5.74) is -0.480. The van der Waals surface area contributed by atoms with Gasteiger partial charge in [-0.1, -0.05) is 40.0 Å². The molecule has 0 aromatic carbocycles. The first-order chi connectivity index (χ1) is 11.6. The van der Waals surface area contributed by atoms with E-state index >= 15 is 0 Å². The second kappa shape index (κ2) is 6.77. The fourth-order valence-electron chi connectivity index (χ4n) is 3.84. The summed E-state index contributed by atoms with van der Waals surface area (Å²) < 4.78 is 11.1. The predicted octanol–water partition coefficient (Wildman–Crippen LogP) is 1.38. The van der Waals surface area contributed by atoms with Crippen LogP contribution in [0.4, 0.5) is 0 Å². The number of carbonyl (C=O) groups excluding carboxylic acids is 2. The van der Waals surface area contributed by atoms with E-state index in [1.165, 1.54) is 0 Å². The number of carbonyl (C=O) groups is 2. The van der Waals surface area contributed by atoms with E-state index in [0.717, 1.165) is 0 Å². The van der Waals surface area contributed by atoms with E-state index in [9.17, 15) is 19.8 Å². The minimum Gasteiger partial charge on any atom is -0.457 e. The van der Waals surface area contributed by atoms with Crippen LogP contribution in [0.25, 0.3) is 0 Å². The third-order valence-electron chi connectivity index (χ3n) is 5.35. The first-order valence-corrected chi connectivity index (χ1v) is 8.30. The molecule has 6 nitrogen and oxygen atoms in total. The van der Waals surface area contributed by atoms with Crippen LogP contribution in [0.3, 0.4) is 0 Å². The highest BCUT2D eigenvalue weighted by atomic mass is 16.6. The van der Waals surface area contributed by atoms with Crippen LogP contribution in [0, 0.1) is 23.2 Å². The Morgan fingerprint density at radius 3 is 2.56 bits per heavy atom. The third-order valence-corrected chi connectivity index (χ3v) is 5.35. The van der Waals surface area contributed by atoms with Gasteiger partial charge in [-0.25, -0.2) is 4.79 Å². The maximum Gasteiger partial charge on any atom is 0.334 e. The summed E-state index contributed by atoms with van der Waals surface area (Å²) in [7, 11) is 0. The van der Waals surface area contributed by atoms with Crippen molar-refractivity contribution in [2.45, 2.75) is 39.1 Å². The van der Waals surface area contributed by atoms with Crippen molar-refractivity contribution in [2.75, 3.05) is 6.61 Å². The highest BCUT2D eigenvalue weighted by molar-refractivity contribution is 5.91. The van der Waals surface area contributed by atoms with Crippen LogP contribution in [-0.2, 0) is 19.1 Å². The molecule has 2 N–H and O–H groups in total. The maximum atomic E-state index is 12.2. The van der Waals surface area contributed by atoms with Crippen molar-refractivity contribution in [1.82, 2.24) is 0 Å². The van der Waals surface area contributed by atoms with E-state index in [4.69, 9.17) is 9.47 Å². The van der Waals surface area contributed by atoms with Gasteiger partial charge in [-0.2, -0.15) is 0 Å². The Kier molecular flexibility index (Phi) is 5.25. The van der Waals surface area contributed by atoms with Gasteiger partial charge in [-0.3, -0.25) is 4.79 Å². The lowest BCUT2D eigenvalue weighted by Crippen LogP contribution is -2.61. The van der Waals surface area contributed by atoms with E-state index < -0.39 is 47.5 Å². The molecular formula is C19H26O6. The number of hydrogen-bond donors (Lipinski definition) is 2. The van der Waals surface area contributed by atoms with Crippen LogP contribution in [-0.4, -0.2) is 47.1 Å². The summed E-state index contributed by atoms with van der Waals surface area (Å²) >= 11 is 0. The maximum absolute atomic E-state index is 12.2. The molecule has 1 aliphatic heterocycles. The first kappa shape index (κ1) is 19.4. The molecule has 1 saturated carbocycles. The molecule has 138 valence electrons. The molecule has 2 rings (SSSR count). The zero-order chi connectivity index (χ0) is 19.1. The van der Waals surface area contributed by atoms with Crippen molar-refractivity contribution in [3.8, 4) is 0 Å². The van der Waals surface area contributed by atoms with Crippen LogP contribution in [0.15, 0.2) is 37.0 Å². The number of aliphatic hydroxyl groups excluding tert-OH is 2. The highest BCUT2D eigenvalue weighted by Gasteiger charge is 2.63. The monoisotopic (exact) mass is 350 g/mol. The Balaban J connectivity index is 2.57. The van der Waals surface area contributed by atoms with Crippen molar-refractivity contribution < 1.29 is 29.3 Å². The number of fused-ring (bicyclic) bond motifs is 1. The minimum absolute atomic E-state index is 0.130. The van der Waals surface area contributed by atoms with Crippen LogP contribution in [0.5, 0.6) is 0 Å². The van der Waals surface area contributed by atoms with Gasteiger partial charge in [0.05, 0.1) is 24.5 Å². The van der Waals surface area contributed by atoms with Crippen molar-refractivity contribution in [3.63, 3.8) is 0 Å². The Morgan fingerprint density at radius 1 is 1.48 bits per heavy atom. The van der Waals surface area contributed by atoms with Crippen molar-refractivity contribution in [2.24, 2.45) is 23.2 Å². The van der Waals surface area contributed by atoms with Gasteiger partial charge in [0.2, 0.25) is 0 Å². The topological polar surface area (TPSA) is 93.1 Å². The summed E-state index contributed by atoms with van der Waals surface area (Å²) in [6.07, 6.45) is -1.24. The van der Waals surface area contributed by atoms with Crippen LogP contribution in [0.2, 0.25) is 0 Å². The summed E-state index contributed by atoms with van der Waals surface area (Å²) in [4.78, 5) is 24.3. The second-order valence-corrected chi connectivity index (χ2v) is 7.29. The van der Waals surface area contributed by atoms with Crippen LogP contribution >= 0.6 is 0 Å². The zero-order valence-corrected chi connectivity index (χ0v) is 14.9. The van der Waals surface area contributed by atoms with Crippen molar-refractivity contribution >= 4 is 11.9 Å². The minimum atomic E-state index is -1.07. The molecule has 6 atom stereocenters. The second-order valence-electron chi connectivity index (χ2n) is 7.29. The summed E-state index contributed by atoms with van der Waals surface area (Å²) in [5.74, 6) is -2.86. The molecule has 6 heteroatoms. The summed E-state index contributed by atoms with van der Waals surface area (Å²) in [6, 6.07) is 0. The molecule has 1 saturated heterocycles. The smallest absolute Gasteiger partial charge is 0.334 e. The molecule has 0 amide bonds. The lowest BCUT2D eigenvalue weighted by atomic mass is 9.57. The molecule has 0 radical (unpaired) electrons. The van der Waals surface area contributed by atoms with E-state index in [1.807, 2.05) is 0 Å². The molecule has 0 aromatic rings. The lowest BCUT2D eigenvalue weighted by molar-refractivity contribution is -0.195. The average molecular weight is 350 g/mol. The van der Waals surface area contributed by atoms with Gasteiger partial charge in [0, 0.05) is 16.9 Å². The Bertz CT molecular complexity index is 621. The molecular weight excluding hydrogens is 324 g/mol. The van der Waals surface area contributed by atoms with E-state index in [2.05, 4.69) is 19.7 Å². The Labute approximate surface area is 147 Å². The van der Waals surface area contributed by atoms with Gasteiger partial charge in [-0.15, -0.1) is 6.58 Å². The molecule has 1 heterocycles. The molecule has 2 aliphatic rings. The van der Waals surface area contributed by atoms with Gasteiger partial charge >= 0.3 is 11.9 Å². The SMILES string of the molecule is C=CC1(C)C(OC(=O)C(C)C)C2OC(=O)C(=C)C2C(O)C1C(=C)CO. The van der Waals surface area contributed by atoms with Crippen LogP contribution < -0.4 is 0 Å². The lowest BCUT2D eigenvalue weighted by Gasteiger charge is -2.51. The number of hydrogen-bond acceptors (Lipinski definition) is 6. The Hall–Kier alpha value is -1.92. The summed E-state index contributed by atoms with van der Waals surface area (Å²) in [5, 5.41) is 20.5. The van der Waals surface area contributed by atoms with Gasteiger partial charge < -0.3 is 19.7 Å². The van der Waals surface area contributed by atoms with E-state index in [1.54, 1.807) is 26.8 Å². The molecule has 1 aliphatic carbocycles. The molecule has 6 unspecified atom stereocenters. The predicted molar refractivity (Wildman–Crippen MR) is 91.3 cm³/mol. The van der Waals surface area contributed by atoms with E-state index in [-0.39, 0.29) is 18.1 Å². The standard InChI is InChI=1S/C19H26O6/c1-7-19(6)13(10(4)8-20)14(21)12-11(5)18(23)24-15(12)16(19)25-17(22)9(2)3/h7,9,12-16,20-21H,1,4-5,8H2,2-3,6H3. The highest BCUT2D eigenvalue weighted by Crippen LogP contribution is 2.53.